The number of benzene rings is 1. The Bertz CT molecular complexity index is 397. The molecule has 0 aromatic heterocycles. The van der Waals surface area contributed by atoms with E-state index in [1.54, 1.807) is 7.11 Å². The van der Waals surface area contributed by atoms with Crippen molar-refractivity contribution in [1.29, 1.82) is 0 Å². The first-order valence-electron chi connectivity index (χ1n) is 6.25. The summed E-state index contributed by atoms with van der Waals surface area (Å²) in [6.07, 6.45) is 2.31. The molecule has 0 aliphatic heterocycles. The normalized spacial score (nSPS) is 23.1. The summed E-state index contributed by atoms with van der Waals surface area (Å²) in [6, 6.07) is 4.55. The van der Waals surface area contributed by atoms with Crippen molar-refractivity contribution >= 4 is 5.69 Å². The topological polar surface area (TPSA) is 47.3 Å². The van der Waals surface area contributed by atoms with E-state index >= 15 is 0 Å². The smallest absolute Gasteiger partial charge is 0.122 e. The quantitative estimate of drug-likeness (QED) is 0.841. The van der Waals surface area contributed by atoms with E-state index in [4.69, 9.17) is 10.5 Å². The number of anilines is 1. The Morgan fingerprint density at radius 3 is 2.59 bits per heavy atom. The lowest BCUT2D eigenvalue weighted by Crippen LogP contribution is -2.39. The van der Waals surface area contributed by atoms with Crippen LogP contribution in [0.15, 0.2) is 12.1 Å². The van der Waals surface area contributed by atoms with E-state index in [0.717, 1.165) is 31.1 Å². The van der Waals surface area contributed by atoms with E-state index in [-0.39, 0.29) is 0 Å². The maximum atomic E-state index is 5.79. The summed E-state index contributed by atoms with van der Waals surface area (Å²) < 4.78 is 5.31. The second kappa shape index (κ2) is 4.96. The summed E-state index contributed by atoms with van der Waals surface area (Å²) in [5, 5.41) is 3.52. The molecule has 3 heteroatoms. The van der Waals surface area contributed by atoms with E-state index in [1.807, 2.05) is 6.07 Å². The Hall–Kier alpha value is -1.22. The molecule has 0 unspecified atom stereocenters. The van der Waals surface area contributed by atoms with Crippen LogP contribution in [0.5, 0.6) is 5.75 Å². The van der Waals surface area contributed by atoms with Gasteiger partial charge >= 0.3 is 0 Å². The molecule has 0 atom stereocenters. The van der Waals surface area contributed by atoms with E-state index in [9.17, 15) is 0 Å². The van der Waals surface area contributed by atoms with Gasteiger partial charge in [0, 0.05) is 18.3 Å². The highest BCUT2D eigenvalue weighted by molar-refractivity contribution is 5.58. The molecule has 3 nitrogen and oxygen atoms in total. The van der Waals surface area contributed by atoms with Gasteiger partial charge in [0.05, 0.1) is 7.11 Å². The summed E-state index contributed by atoms with van der Waals surface area (Å²) in [4.78, 5) is 0. The van der Waals surface area contributed by atoms with Gasteiger partial charge in [0.1, 0.15) is 5.75 Å². The molecule has 0 radical (unpaired) electrons. The van der Waals surface area contributed by atoms with Crippen LogP contribution >= 0.6 is 0 Å². The molecule has 1 saturated carbocycles. The predicted octanol–water partition coefficient (Wildman–Crippen LogP) is 2.46. The molecule has 0 heterocycles. The molecule has 3 N–H and O–H groups in total. The number of hydrogen-bond acceptors (Lipinski definition) is 3. The SMILES string of the molecule is COc1ccc(NCC2CC(N)C2)c(C)c1C. The molecule has 1 fully saturated rings. The van der Waals surface area contributed by atoms with Crippen molar-refractivity contribution in [1.82, 2.24) is 0 Å². The zero-order valence-corrected chi connectivity index (χ0v) is 10.9. The van der Waals surface area contributed by atoms with E-state index < -0.39 is 0 Å². The second-order valence-corrected chi connectivity index (χ2v) is 5.04. The van der Waals surface area contributed by atoms with Gasteiger partial charge in [-0.1, -0.05) is 0 Å². The summed E-state index contributed by atoms with van der Waals surface area (Å²) >= 11 is 0. The number of methoxy groups -OCH3 is 1. The first-order chi connectivity index (χ1) is 8.11. The standard InChI is InChI=1S/C14H22N2O/c1-9-10(2)14(17-3)5-4-13(9)16-8-11-6-12(15)7-11/h4-5,11-12,16H,6-8,15H2,1-3H3. The number of nitrogens with one attached hydrogen (secondary N) is 1. The monoisotopic (exact) mass is 234 g/mol. The van der Waals surface area contributed by atoms with Crippen LogP contribution < -0.4 is 15.8 Å². The highest BCUT2D eigenvalue weighted by Gasteiger charge is 2.25. The Labute approximate surface area is 103 Å². The van der Waals surface area contributed by atoms with Crippen molar-refractivity contribution < 1.29 is 4.74 Å². The zero-order valence-electron chi connectivity index (χ0n) is 10.9. The summed E-state index contributed by atoms with van der Waals surface area (Å²) in [6.45, 7) is 5.26. The molecule has 1 aromatic rings. The van der Waals surface area contributed by atoms with E-state index in [1.165, 1.54) is 16.8 Å². The summed E-state index contributed by atoms with van der Waals surface area (Å²) in [5.41, 5.74) is 9.48. The molecule has 0 amide bonds. The van der Waals surface area contributed by atoms with Crippen molar-refractivity contribution in [3.63, 3.8) is 0 Å². The van der Waals surface area contributed by atoms with Crippen molar-refractivity contribution in [2.75, 3.05) is 19.0 Å². The highest BCUT2D eigenvalue weighted by Crippen LogP contribution is 2.29. The van der Waals surface area contributed by atoms with Crippen LogP contribution in [0.2, 0.25) is 0 Å². The predicted molar refractivity (Wildman–Crippen MR) is 71.7 cm³/mol. The number of rotatable bonds is 4. The third kappa shape index (κ3) is 2.55. The summed E-state index contributed by atoms with van der Waals surface area (Å²) in [5.74, 6) is 1.70. The molecule has 0 saturated heterocycles. The average Bonchev–Trinajstić information content (AvgIpc) is 2.28. The van der Waals surface area contributed by atoms with Gasteiger partial charge in [-0.3, -0.25) is 0 Å². The molecular formula is C14H22N2O. The van der Waals surface area contributed by atoms with Gasteiger partial charge in [0.15, 0.2) is 0 Å². The molecule has 0 bridgehead atoms. The minimum Gasteiger partial charge on any atom is -0.496 e. The number of hydrogen-bond donors (Lipinski definition) is 2. The maximum absolute atomic E-state index is 5.79. The van der Waals surface area contributed by atoms with E-state index in [0.29, 0.717) is 6.04 Å². The molecule has 94 valence electrons. The Morgan fingerprint density at radius 2 is 2.00 bits per heavy atom. The fraction of sp³-hybridized carbons (Fsp3) is 0.571. The molecule has 0 spiro atoms. The van der Waals surface area contributed by atoms with Gasteiger partial charge in [-0.15, -0.1) is 0 Å². The van der Waals surface area contributed by atoms with Crippen LogP contribution in [0.4, 0.5) is 5.69 Å². The number of nitrogens with two attached hydrogens (primary N) is 1. The van der Waals surface area contributed by atoms with E-state index in [2.05, 4.69) is 25.2 Å². The van der Waals surface area contributed by atoms with Crippen LogP contribution in [0.1, 0.15) is 24.0 Å². The molecule has 1 aromatic carbocycles. The molecule has 17 heavy (non-hydrogen) atoms. The average molecular weight is 234 g/mol. The van der Waals surface area contributed by atoms with Gasteiger partial charge in [0.25, 0.3) is 0 Å². The fourth-order valence-electron chi connectivity index (χ4n) is 2.42. The Balaban J connectivity index is 1.99. The molecule has 2 rings (SSSR count). The van der Waals surface area contributed by atoms with Crippen molar-refractivity contribution in [3.8, 4) is 5.75 Å². The third-order valence-corrected chi connectivity index (χ3v) is 3.81. The number of ether oxygens (including phenoxy) is 1. The lowest BCUT2D eigenvalue weighted by molar-refractivity contribution is 0.280. The minimum absolute atomic E-state index is 0.431. The first-order valence-corrected chi connectivity index (χ1v) is 6.25. The molecule has 1 aliphatic rings. The zero-order chi connectivity index (χ0) is 12.4. The Kier molecular flexibility index (Phi) is 3.57. The van der Waals surface area contributed by atoms with Crippen LogP contribution in [0.25, 0.3) is 0 Å². The van der Waals surface area contributed by atoms with Crippen LogP contribution in [0, 0.1) is 19.8 Å². The van der Waals surface area contributed by atoms with Crippen LogP contribution in [0.3, 0.4) is 0 Å². The van der Waals surface area contributed by atoms with Gasteiger partial charge in [-0.25, -0.2) is 0 Å². The molecule has 1 aliphatic carbocycles. The van der Waals surface area contributed by atoms with Gasteiger partial charge < -0.3 is 15.8 Å². The summed E-state index contributed by atoms with van der Waals surface area (Å²) in [7, 11) is 1.71. The first kappa shape index (κ1) is 12.2. The van der Waals surface area contributed by atoms with Crippen molar-refractivity contribution in [2.45, 2.75) is 32.7 Å². The Morgan fingerprint density at radius 1 is 1.29 bits per heavy atom. The van der Waals surface area contributed by atoms with Gasteiger partial charge in [0.2, 0.25) is 0 Å². The maximum Gasteiger partial charge on any atom is 0.122 e. The van der Waals surface area contributed by atoms with Gasteiger partial charge in [-0.05, 0) is 55.9 Å². The van der Waals surface area contributed by atoms with Crippen molar-refractivity contribution in [3.05, 3.63) is 23.3 Å². The van der Waals surface area contributed by atoms with Gasteiger partial charge in [-0.2, -0.15) is 0 Å². The second-order valence-electron chi connectivity index (χ2n) is 5.04. The minimum atomic E-state index is 0.431. The molecular weight excluding hydrogens is 212 g/mol. The van der Waals surface area contributed by atoms with Crippen LogP contribution in [-0.2, 0) is 0 Å². The largest absolute Gasteiger partial charge is 0.496 e. The van der Waals surface area contributed by atoms with Crippen molar-refractivity contribution in [2.24, 2.45) is 11.7 Å². The fourth-order valence-corrected chi connectivity index (χ4v) is 2.42. The lowest BCUT2D eigenvalue weighted by Gasteiger charge is -2.33. The highest BCUT2D eigenvalue weighted by atomic mass is 16.5. The third-order valence-electron chi connectivity index (χ3n) is 3.81. The lowest BCUT2D eigenvalue weighted by atomic mass is 9.81. The van der Waals surface area contributed by atoms with Crippen LogP contribution in [-0.4, -0.2) is 19.7 Å².